The van der Waals surface area contributed by atoms with Gasteiger partial charge in [-0.3, -0.25) is 0 Å². The van der Waals surface area contributed by atoms with Gasteiger partial charge in [-0.2, -0.15) is 0 Å². The summed E-state index contributed by atoms with van der Waals surface area (Å²) in [6, 6.07) is 6.55. The van der Waals surface area contributed by atoms with E-state index >= 15 is 0 Å². The molecule has 1 aromatic carbocycles. The summed E-state index contributed by atoms with van der Waals surface area (Å²) < 4.78 is 50.3. The van der Waals surface area contributed by atoms with Crippen LogP contribution in [0.25, 0.3) is 0 Å². The lowest BCUT2D eigenvalue weighted by Crippen LogP contribution is -2.42. The normalized spacial score (nSPS) is 14.4. The lowest BCUT2D eigenvalue weighted by Gasteiger charge is -2.22. The van der Waals surface area contributed by atoms with Gasteiger partial charge in [-0.1, -0.05) is 0 Å². The molecular weight excluding hydrogens is 325 g/mol. The van der Waals surface area contributed by atoms with Gasteiger partial charge in [0.15, 0.2) is 0 Å². The molecule has 23 heavy (non-hydrogen) atoms. The van der Waals surface area contributed by atoms with Crippen LogP contribution in [0.3, 0.4) is 0 Å². The van der Waals surface area contributed by atoms with Gasteiger partial charge in [0.2, 0.25) is 10.0 Å². The number of nitrogens with one attached hydrogen (secondary N) is 1. The van der Waals surface area contributed by atoms with Crippen molar-refractivity contribution in [3.63, 3.8) is 0 Å². The molecule has 0 spiro atoms. The predicted molar refractivity (Wildman–Crippen MR) is 81.2 cm³/mol. The Morgan fingerprint density at radius 3 is 2.74 bits per heavy atom. The van der Waals surface area contributed by atoms with Crippen LogP contribution in [0.5, 0.6) is 5.75 Å². The van der Waals surface area contributed by atoms with Crippen molar-refractivity contribution in [2.75, 3.05) is 13.7 Å². The van der Waals surface area contributed by atoms with Crippen molar-refractivity contribution < 1.29 is 27.1 Å². The second-order valence-electron chi connectivity index (χ2n) is 5.37. The molecule has 6 nitrogen and oxygen atoms in total. The first-order valence-electron chi connectivity index (χ1n) is 6.81. The van der Waals surface area contributed by atoms with E-state index in [-0.39, 0.29) is 23.6 Å². The molecule has 0 aliphatic carbocycles. The van der Waals surface area contributed by atoms with Gasteiger partial charge in [0.25, 0.3) is 0 Å². The molecule has 0 radical (unpaired) electrons. The maximum absolute atomic E-state index is 13.3. The van der Waals surface area contributed by atoms with Crippen LogP contribution in [0.4, 0.5) is 4.39 Å². The standard InChI is InChI=1S/C15H18FNO5S/c1-15(18,9-12-4-3-7-22-12)10-17-23(19,20)14-8-11(16)5-6-13(14)21-2/h3-8,17-18H,9-10H2,1-2H3. The highest BCUT2D eigenvalue weighted by Crippen LogP contribution is 2.24. The summed E-state index contributed by atoms with van der Waals surface area (Å²) in [5.74, 6) is -0.157. The molecule has 8 heteroatoms. The van der Waals surface area contributed by atoms with Gasteiger partial charge in [-0.25, -0.2) is 17.5 Å². The number of ether oxygens (including phenoxy) is 1. The number of furan rings is 1. The molecule has 0 fully saturated rings. The molecule has 1 heterocycles. The molecule has 0 saturated carbocycles. The topological polar surface area (TPSA) is 88.8 Å². The molecule has 2 N–H and O–H groups in total. The second kappa shape index (κ2) is 6.69. The number of hydrogen-bond acceptors (Lipinski definition) is 5. The SMILES string of the molecule is COc1ccc(F)cc1S(=O)(=O)NCC(C)(O)Cc1ccco1. The number of aliphatic hydroxyl groups is 1. The Morgan fingerprint density at radius 1 is 1.39 bits per heavy atom. The van der Waals surface area contributed by atoms with E-state index in [4.69, 9.17) is 9.15 Å². The van der Waals surface area contributed by atoms with Crippen LogP contribution < -0.4 is 9.46 Å². The average Bonchev–Trinajstić information content (AvgIpc) is 2.97. The zero-order chi connectivity index (χ0) is 17.1. The summed E-state index contributed by atoms with van der Waals surface area (Å²) in [4.78, 5) is -0.325. The van der Waals surface area contributed by atoms with E-state index in [2.05, 4.69) is 4.72 Å². The minimum absolute atomic E-state index is 0.0181. The summed E-state index contributed by atoms with van der Waals surface area (Å²) >= 11 is 0. The molecule has 0 saturated heterocycles. The maximum atomic E-state index is 13.3. The van der Waals surface area contributed by atoms with Crippen LogP contribution in [0.2, 0.25) is 0 Å². The molecule has 0 bridgehead atoms. The smallest absolute Gasteiger partial charge is 0.244 e. The summed E-state index contributed by atoms with van der Waals surface area (Å²) in [5.41, 5.74) is -1.37. The van der Waals surface area contributed by atoms with Gasteiger partial charge < -0.3 is 14.3 Å². The van der Waals surface area contributed by atoms with E-state index < -0.39 is 21.4 Å². The van der Waals surface area contributed by atoms with E-state index in [1.54, 1.807) is 12.1 Å². The van der Waals surface area contributed by atoms with Crippen molar-refractivity contribution >= 4 is 10.0 Å². The van der Waals surface area contributed by atoms with E-state index in [9.17, 15) is 17.9 Å². The molecule has 126 valence electrons. The molecular formula is C15H18FNO5S. The Balaban J connectivity index is 2.14. The monoisotopic (exact) mass is 343 g/mol. The highest BCUT2D eigenvalue weighted by molar-refractivity contribution is 7.89. The summed E-state index contributed by atoms with van der Waals surface area (Å²) in [6.07, 6.45) is 1.59. The van der Waals surface area contributed by atoms with Gasteiger partial charge in [0.1, 0.15) is 22.2 Å². The molecule has 2 aromatic rings. The number of benzene rings is 1. The predicted octanol–water partition coefficient (Wildman–Crippen LogP) is 1.70. The minimum Gasteiger partial charge on any atom is -0.495 e. The Morgan fingerprint density at radius 2 is 2.13 bits per heavy atom. The molecule has 1 aromatic heterocycles. The van der Waals surface area contributed by atoms with Crippen molar-refractivity contribution in [3.05, 3.63) is 48.2 Å². The van der Waals surface area contributed by atoms with Crippen molar-refractivity contribution in [2.24, 2.45) is 0 Å². The van der Waals surface area contributed by atoms with Crippen LogP contribution in [0.15, 0.2) is 45.9 Å². The van der Waals surface area contributed by atoms with E-state index in [1.165, 1.54) is 26.4 Å². The number of sulfonamides is 1. The maximum Gasteiger partial charge on any atom is 0.244 e. The van der Waals surface area contributed by atoms with Crippen molar-refractivity contribution in [2.45, 2.75) is 23.8 Å². The van der Waals surface area contributed by atoms with Crippen LogP contribution in [-0.2, 0) is 16.4 Å². The van der Waals surface area contributed by atoms with Crippen LogP contribution in [0.1, 0.15) is 12.7 Å². The summed E-state index contributed by atoms with van der Waals surface area (Å²) in [7, 11) is -2.75. The first kappa shape index (κ1) is 17.5. The quantitative estimate of drug-likeness (QED) is 0.799. The zero-order valence-electron chi connectivity index (χ0n) is 12.7. The first-order valence-corrected chi connectivity index (χ1v) is 8.30. The third-order valence-corrected chi connectivity index (χ3v) is 4.62. The third-order valence-electron chi connectivity index (χ3n) is 3.19. The number of hydrogen-bond donors (Lipinski definition) is 2. The molecule has 1 atom stereocenters. The fourth-order valence-corrected chi connectivity index (χ4v) is 3.38. The molecule has 0 amide bonds. The fraction of sp³-hybridized carbons (Fsp3) is 0.333. The highest BCUT2D eigenvalue weighted by atomic mass is 32.2. The molecule has 1 unspecified atom stereocenters. The highest BCUT2D eigenvalue weighted by Gasteiger charge is 2.27. The number of methoxy groups -OCH3 is 1. The van der Waals surface area contributed by atoms with Crippen molar-refractivity contribution in [3.8, 4) is 5.75 Å². The lowest BCUT2D eigenvalue weighted by molar-refractivity contribution is 0.0603. The van der Waals surface area contributed by atoms with Crippen molar-refractivity contribution in [1.29, 1.82) is 0 Å². The first-order chi connectivity index (χ1) is 10.7. The number of rotatable bonds is 7. The number of halogens is 1. The van der Waals surface area contributed by atoms with E-state index in [0.717, 1.165) is 12.1 Å². The Kier molecular flexibility index (Phi) is 5.08. The fourth-order valence-electron chi connectivity index (χ4n) is 2.04. The van der Waals surface area contributed by atoms with Crippen LogP contribution in [-0.4, -0.2) is 32.8 Å². The van der Waals surface area contributed by atoms with E-state index in [0.29, 0.717) is 5.76 Å². The van der Waals surface area contributed by atoms with Gasteiger partial charge in [0.05, 0.1) is 19.0 Å². The summed E-state index contributed by atoms with van der Waals surface area (Å²) in [5, 5.41) is 10.3. The average molecular weight is 343 g/mol. The lowest BCUT2D eigenvalue weighted by atomic mass is 10.0. The van der Waals surface area contributed by atoms with E-state index in [1.807, 2.05) is 0 Å². The summed E-state index contributed by atoms with van der Waals surface area (Å²) in [6.45, 7) is 1.20. The minimum atomic E-state index is -4.04. The zero-order valence-corrected chi connectivity index (χ0v) is 13.6. The van der Waals surface area contributed by atoms with Crippen molar-refractivity contribution in [1.82, 2.24) is 4.72 Å². The van der Waals surface area contributed by atoms with Crippen LogP contribution >= 0.6 is 0 Å². The largest absolute Gasteiger partial charge is 0.495 e. The Hall–Kier alpha value is -1.90. The molecule has 2 rings (SSSR count). The van der Waals surface area contributed by atoms with Gasteiger partial charge in [-0.05, 0) is 37.3 Å². The molecule has 0 aliphatic rings. The van der Waals surface area contributed by atoms with Gasteiger partial charge >= 0.3 is 0 Å². The van der Waals surface area contributed by atoms with Gasteiger partial charge in [0, 0.05) is 13.0 Å². The molecule has 0 aliphatic heterocycles. The Labute approximate surface area is 133 Å². The third kappa shape index (κ3) is 4.54. The second-order valence-corrected chi connectivity index (χ2v) is 7.11. The van der Waals surface area contributed by atoms with Crippen LogP contribution in [0, 0.1) is 5.82 Å². The Bertz CT molecular complexity index is 756. The van der Waals surface area contributed by atoms with Gasteiger partial charge in [-0.15, -0.1) is 0 Å².